The van der Waals surface area contributed by atoms with Crippen LogP contribution in [0.5, 0.6) is 0 Å². The van der Waals surface area contributed by atoms with Crippen LogP contribution in [0.4, 0.5) is 0 Å². The van der Waals surface area contributed by atoms with Crippen molar-refractivity contribution in [3.8, 4) is 0 Å². The zero-order valence-corrected chi connectivity index (χ0v) is 14.5. The van der Waals surface area contributed by atoms with E-state index < -0.39 is 11.5 Å². The van der Waals surface area contributed by atoms with Crippen LogP contribution in [-0.2, 0) is 5.60 Å². The molecule has 0 bridgehead atoms. The van der Waals surface area contributed by atoms with E-state index in [2.05, 4.69) is 14.0 Å². The highest BCUT2D eigenvalue weighted by atomic mass is 16.3. The van der Waals surface area contributed by atoms with Crippen LogP contribution >= 0.6 is 0 Å². The summed E-state index contributed by atoms with van der Waals surface area (Å²) < 4.78 is 0.818. The van der Waals surface area contributed by atoms with Gasteiger partial charge in [-0.25, -0.2) is 0 Å². The standard InChI is InChI=1S/C21H26NO2/c1-3-22(2)15-14-21(24,18-12-8-5-9-13-18)19(16-22)20(23)17-10-6-4-7-11-17/h4-13,19,24H,3,14-16H2,1-2H3/q+1/t19-,21+,22?/m0/s1. The van der Waals surface area contributed by atoms with Crippen LogP contribution in [-0.4, -0.2) is 42.1 Å². The van der Waals surface area contributed by atoms with Crippen molar-refractivity contribution in [1.29, 1.82) is 0 Å². The van der Waals surface area contributed by atoms with Gasteiger partial charge in [0.1, 0.15) is 11.5 Å². The zero-order chi connectivity index (χ0) is 17.2. The minimum absolute atomic E-state index is 0.0412. The summed E-state index contributed by atoms with van der Waals surface area (Å²) in [5.74, 6) is -0.388. The highest BCUT2D eigenvalue weighted by molar-refractivity contribution is 5.98. The predicted octanol–water partition coefficient (Wildman–Crippen LogP) is 3.24. The molecule has 0 saturated carbocycles. The minimum Gasteiger partial charge on any atom is -0.384 e. The van der Waals surface area contributed by atoms with Crippen LogP contribution in [0, 0.1) is 5.92 Å². The molecule has 1 N–H and O–H groups in total. The molecule has 3 nitrogen and oxygen atoms in total. The van der Waals surface area contributed by atoms with Gasteiger partial charge in [-0.2, -0.15) is 0 Å². The Bertz CT molecular complexity index is 700. The van der Waals surface area contributed by atoms with Crippen molar-refractivity contribution in [2.75, 3.05) is 26.7 Å². The van der Waals surface area contributed by atoms with Gasteiger partial charge in [0.25, 0.3) is 0 Å². The lowest BCUT2D eigenvalue weighted by atomic mass is 9.72. The Morgan fingerprint density at radius 2 is 1.71 bits per heavy atom. The van der Waals surface area contributed by atoms with Gasteiger partial charge in [0.05, 0.1) is 26.7 Å². The molecule has 1 aliphatic heterocycles. The van der Waals surface area contributed by atoms with E-state index in [1.54, 1.807) is 0 Å². The first kappa shape index (κ1) is 16.9. The number of nitrogens with zero attached hydrogens (tertiary/aromatic N) is 1. The van der Waals surface area contributed by atoms with Crippen LogP contribution < -0.4 is 0 Å². The summed E-state index contributed by atoms with van der Waals surface area (Å²) >= 11 is 0. The maximum Gasteiger partial charge on any atom is 0.174 e. The monoisotopic (exact) mass is 324 g/mol. The molecule has 2 aromatic rings. The van der Waals surface area contributed by atoms with Crippen molar-refractivity contribution in [3.05, 3.63) is 71.8 Å². The van der Waals surface area contributed by atoms with Gasteiger partial charge in [-0.05, 0) is 12.5 Å². The maximum atomic E-state index is 13.2. The summed E-state index contributed by atoms with van der Waals surface area (Å²) in [6.45, 7) is 4.65. The van der Waals surface area contributed by atoms with E-state index >= 15 is 0 Å². The summed E-state index contributed by atoms with van der Waals surface area (Å²) in [5.41, 5.74) is 0.434. The second-order valence-corrected chi connectivity index (χ2v) is 7.17. The van der Waals surface area contributed by atoms with E-state index in [1.807, 2.05) is 60.7 Å². The third kappa shape index (κ3) is 3.02. The van der Waals surface area contributed by atoms with Crippen molar-refractivity contribution in [2.24, 2.45) is 5.92 Å². The number of likely N-dealkylation sites (tertiary alicyclic amines) is 1. The summed E-state index contributed by atoms with van der Waals surface area (Å²) in [4.78, 5) is 13.2. The molecule has 1 fully saturated rings. The van der Waals surface area contributed by atoms with E-state index in [0.717, 1.165) is 23.1 Å². The molecular formula is C21H26NO2+. The van der Waals surface area contributed by atoms with Crippen LogP contribution in [0.1, 0.15) is 29.3 Å². The molecule has 0 aromatic heterocycles. The van der Waals surface area contributed by atoms with Gasteiger partial charge < -0.3 is 9.59 Å². The molecule has 3 rings (SSSR count). The van der Waals surface area contributed by atoms with Gasteiger partial charge >= 0.3 is 0 Å². The molecule has 1 aliphatic rings. The number of carbonyl (C=O) groups is 1. The number of rotatable bonds is 4. The Morgan fingerprint density at radius 1 is 1.12 bits per heavy atom. The molecule has 1 saturated heterocycles. The van der Waals surface area contributed by atoms with Gasteiger partial charge in [-0.3, -0.25) is 4.79 Å². The molecule has 1 heterocycles. The minimum atomic E-state index is -1.10. The first-order chi connectivity index (χ1) is 11.5. The fraction of sp³-hybridized carbons (Fsp3) is 0.381. The smallest absolute Gasteiger partial charge is 0.174 e. The second-order valence-electron chi connectivity index (χ2n) is 7.17. The molecule has 0 amide bonds. The molecule has 24 heavy (non-hydrogen) atoms. The zero-order valence-electron chi connectivity index (χ0n) is 14.5. The van der Waals surface area contributed by atoms with Crippen molar-refractivity contribution in [2.45, 2.75) is 18.9 Å². The highest BCUT2D eigenvalue weighted by Gasteiger charge is 2.51. The first-order valence-electron chi connectivity index (χ1n) is 8.69. The highest BCUT2D eigenvalue weighted by Crippen LogP contribution is 2.41. The lowest BCUT2D eigenvalue weighted by molar-refractivity contribution is -0.917. The average Bonchev–Trinajstić information content (AvgIpc) is 2.65. The van der Waals surface area contributed by atoms with E-state index in [1.165, 1.54) is 0 Å². The van der Waals surface area contributed by atoms with E-state index in [0.29, 0.717) is 18.5 Å². The molecule has 2 aromatic carbocycles. The summed E-state index contributed by atoms with van der Waals surface area (Å²) in [7, 11) is 2.18. The van der Waals surface area contributed by atoms with Crippen LogP contribution in [0.3, 0.4) is 0 Å². The Kier molecular flexibility index (Phi) is 4.57. The normalized spacial score (nSPS) is 30.0. The summed E-state index contributed by atoms with van der Waals surface area (Å²) in [6, 6.07) is 19.0. The molecular weight excluding hydrogens is 298 g/mol. The van der Waals surface area contributed by atoms with E-state index in [-0.39, 0.29) is 5.78 Å². The Hall–Kier alpha value is -1.97. The van der Waals surface area contributed by atoms with Gasteiger partial charge in [-0.1, -0.05) is 60.7 Å². The fourth-order valence-electron chi connectivity index (χ4n) is 3.76. The SMILES string of the molecule is CC[N+]1(C)CC[C@@](O)(c2ccccc2)[C@H](C(=O)c2ccccc2)C1. The van der Waals surface area contributed by atoms with Crippen LogP contribution in [0.2, 0.25) is 0 Å². The molecule has 0 spiro atoms. The van der Waals surface area contributed by atoms with Gasteiger partial charge in [0, 0.05) is 12.0 Å². The van der Waals surface area contributed by atoms with E-state index in [9.17, 15) is 9.90 Å². The Morgan fingerprint density at radius 3 is 2.29 bits per heavy atom. The van der Waals surface area contributed by atoms with Crippen molar-refractivity contribution in [3.63, 3.8) is 0 Å². The maximum absolute atomic E-state index is 13.2. The first-order valence-corrected chi connectivity index (χ1v) is 8.69. The number of carbonyl (C=O) groups excluding carboxylic acids is 1. The molecule has 126 valence electrons. The number of ketones is 1. The Labute approximate surface area is 144 Å². The third-order valence-electron chi connectivity index (χ3n) is 5.64. The number of Topliss-reactive ketones (excluding diaryl/α,β-unsaturated/α-hetero) is 1. The predicted molar refractivity (Wildman–Crippen MR) is 95.7 cm³/mol. The number of hydrogen-bond donors (Lipinski definition) is 1. The van der Waals surface area contributed by atoms with Gasteiger partial charge in [-0.15, -0.1) is 0 Å². The second kappa shape index (κ2) is 6.50. The topological polar surface area (TPSA) is 37.3 Å². The molecule has 0 radical (unpaired) electrons. The summed E-state index contributed by atoms with van der Waals surface area (Å²) in [6.07, 6.45) is 0.602. The van der Waals surface area contributed by atoms with Gasteiger partial charge in [0.15, 0.2) is 5.78 Å². The number of piperidine rings is 1. The average molecular weight is 324 g/mol. The fourth-order valence-corrected chi connectivity index (χ4v) is 3.76. The van der Waals surface area contributed by atoms with Crippen LogP contribution in [0.25, 0.3) is 0 Å². The van der Waals surface area contributed by atoms with E-state index in [4.69, 9.17) is 0 Å². The number of aliphatic hydroxyl groups is 1. The number of benzene rings is 2. The number of quaternary nitrogens is 1. The molecule has 0 aliphatic carbocycles. The molecule has 1 unspecified atom stereocenters. The lowest BCUT2D eigenvalue weighted by Gasteiger charge is -2.48. The van der Waals surface area contributed by atoms with Crippen LogP contribution in [0.15, 0.2) is 60.7 Å². The Balaban J connectivity index is 2.03. The molecule has 3 heteroatoms. The van der Waals surface area contributed by atoms with Gasteiger partial charge in [0.2, 0.25) is 0 Å². The summed E-state index contributed by atoms with van der Waals surface area (Å²) in [5, 5.41) is 11.5. The number of hydrogen-bond acceptors (Lipinski definition) is 2. The largest absolute Gasteiger partial charge is 0.384 e. The quantitative estimate of drug-likeness (QED) is 0.692. The van der Waals surface area contributed by atoms with Crippen molar-refractivity contribution >= 4 is 5.78 Å². The lowest BCUT2D eigenvalue weighted by Crippen LogP contribution is -2.60. The van der Waals surface area contributed by atoms with Crippen molar-refractivity contribution in [1.82, 2.24) is 0 Å². The molecule has 3 atom stereocenters. The third-order valence-corrected chi connectivity index (χ3v) is 5.64. The van der Waals surface area contributed by atoms with Crippen molar-refractivity contribution < 1.29 is 14.4 Å².